The third-order valence-electron chi connectivity index (χ3n) is 3.35. The normalized spacial score (nSPS) is 10.6. The zero-order valence-electron chi connectivity index (χ0n) is 12.6. The van der Waals surface area contributed by atoms with Gasteiger partial charge in [-0.3, -0.25) is 4.79 Å². The summed E-state index contributed by atoms with van der Waals surface area (Å²) in [5.41, 5.74) is 3.19. The summed E-state index contributed by atoms with van der Waals surface area (Å²) in [6.07, 6.45) is 0. The molecule has 0 unspecified atom stereocenters. The number of nitrogens with zero attached hydrogens (tertiary/aromatic N) is 2. The molecule has 3 aromatic rings. The average molecular weight is 372 g/mol. The summed E-state index contributed by atoms with van der Waals surface area (Å²) in [7, 11) is 0. The summed E-state index contributed by atoms with van der Waals surface area (Å²) in [5, 5.41) is 6.74. The molecule has 0 atom stereocenters. The SMILES string of the molecule is Cc1nc(-c2ccc(C(=O)Nc3ccc(Br)c(C)c3)cc2)no1. The van der Waals surface area contributed by atoms with Gasteiger partial charge in [-0.2, -0.15) is 4.98 Å². The smallest absolute Gasteiger partial charge is 0.255 e. The van der Waals surface area contributed by atoms with Crippen LogP contribution < -0.4 is 5.32 Å². The number of aryl methyl sites for hydroxylation is 2. The summed E-state index contributed by atoms with van der Waals surface area (Å²) in [6.45, 7) is 3.71. The maximum absolute atomic E-state index is 12.3. The molecular formula is C17H14BrN3O2. The van der Waals surface area contributed by atoms with E-state index in [1.54, 1.807) is 31.2 Å². The maximum atomic E-state index is 12.3. The standard InChI is InChI=1S/C17H14BrN3O2/c1-10-9-14(7-8-15(10)18)20-17(22)13-5-3-12(4-6-13)16-19-11(2)23-21-16/h3-9H,1-2H3,(H,20,22). The number of hydrogen-bond donors (Lipinski definition) is 1. The molecular weight excluding hydrogens is 358 g/mol. The average Bonchev–Trinajstić information content (AvgIpc) is 2.97. The van der Waals surface area contributed by atoms with E-state index < -0.39 is 0 Å². The number of anilines is 1. The summed E-state index contributed by atoms with van der Waals surface area (Å²) >= 11 is 3.44. The van der Waals surface area contributed by atoms with E-state index in [-0.39, 0.29) is 5.91 Å². The van der Waals surface area contributed by atoms with Crippen molar-refractivity contribution in [3.63, 3.8) is 0 Å². The Morgan fingerprint density at radius 2 is 1.87 bits per heavy atom. The molecule has 1 heterocycles. The Kier molecular flexibility index (Phi) is 4.25. The lowest BCUT2D eigenvalue weighted by Crippen LogP contribution is -2.11. The Hall–Kier alpha value is -2.47. The first kappa shape index (κ1) is 15.4. The van der Waals surface area contributed by atoms with Crippen LogP contribution in [0.1, 0.15) is 21.8 Å². The molecule has 0 bridgehead atoms. The van der Waals surface area contributed by atoms with Crippen molar-refractivity contribution in [3.05, 3.63) is 64.0 Å². The highest BCUT2D eigenvalue weighted by atomic mass is 79.9. The lowest BCUT2D eigenvalue weighted by molar-refractivity contribution is 0.102. The van der Waals surface area contributed by atoms with Crippen LogP contribution in [0, 0.1) is 13.8 Å². The quantitative estimate of drug-likeness (QED) is 0.742. The van der Waals surface area contributed by atoms with Gasteiger partial charge in [-0.25, -0.2) is 0 Å². The molecule has 1 N–H and O–H groups in total. The van der Waals surface area contributed by atoms with Crippen molar-refractivity contribution >= 4 is 27.5 Å². The fourth-order valence-electron chi connectivity index (χ4n) is 2.11. The Balaban J connectivity index is 1.76. The molecule has 0 fully saturated rings. The third kappa shape index (κ3) is 3.48. The fraction of sp³-hybridized carbons (Fsp3) is 0.118. The highest BCUT2D eigenvalue weighted by Crippen LogP contribution is 2.21. The number of rotatable bonds is 3. The number of halogens is 1. The first-order valence-electron chi connectivity index (χ1n) is 7.01. The van der Waals surface area contributed by atoms with Gasteiger partial charge in [-0.1, -0.05) is 33.2 Å². The van der Waals surface area contributed by atoms with Gasteiger partial charge < -0.3 is 9.84 Å². The zero-order valence-corrected chi connectivity index (χ0v) is 14.2. The van der Waals surface area contributed by atoms with Gasteiger partial charge in [0.2, 0.25) is 11.7 Å². The van der Waals surface area contributed by atoms with E-state index in [1.165, 1.54) is 0 Å². The number of benzene rings is 2. The van der Waals surface area contributed by atoms with Gasteiger partial charge in [0.25, 0.3) is 5.91 Å². The molecule has 1 aromatic heterocycles. The minimum absolute atomic E-state index is 0.164. The van der Waals surface area contributed by atoms with E-state index in [2.05, 4.69) is 31.4 Å². The molecule has 116 valence electrons. The number of nitrogens with one attached hydrogen (secondary N) is 1. The van der Waals surface area contributed by atoms with Crippen molar-refractivity contribution in [2.75, 3.05) is 5.32 Å². The first-order valence-corrected chi connectivity index (χ1v) is 7.80. The second-order valence-corrected chi connectivity index (χ2v) is 5.99. The van der Waals surface area contributed by atoms with E-state index >= 15 is 0 Å². The molecule has 0 spiro atoms. The third-order valence-corrected chi connectivity index (χ3v) is 4.24. The van der Waals surface area contributed by atoms with Crippen molar-refractivity contribution in [2.24, 2.45) is 0 Å². The van der Waals surface area contributed by atoms with Crippen LogP contribution in [-0.4, -0.2) is 16.0 Å². The Morgan fingerprint density at radius 1 is 1.13 bits per heavy atom. The summed E-state index contributed by atoms with van der Waals surface area (Å²) in [5.74, 6) is 0.855. The maximum Gasteiger partial charge on any atom is 0.255 e. The van der Waals surface area contributed by atoms with Crippen LogP contribution in [0.25, 0.3) is 11.4 Å². The molecule has 5 nitrogen and oxygen atoms in total. The second kappa shape index (κ2) is 6.34. The van der Waals surface area contributed by atoms with Gasteiger partial charge in [0, 0.05) is 28.2 Å². The Bertz CT molecular complexity index is 857. The lowest BCUT2D eigenvalue weighted by atomic mass is 10.1. The van der Waals surface area contributed by atoms with Crippen molar-refractivity contribution in [3.8, 4) is 11.4 Å². The van der Waals surface area contributed by atoms with Gasteiger partial charge in [-0.05, 0) is 42.8 Å². The number of amides is 1. The number of aromatic nitrogens is 2. The van der Waals surface area contributed by atoms with Gasteiger partial charge in [0.05, 0.1) is 0 Å². The molecule has 2 aromatic carbocycles. The molecule has 0 radical (unpaired) electrons. The van der Waals surface area contributed by atoms with Crippen LogP contribution in [0.3, 0.4) is 0 Å². The van der Waals surface area contributed by atoms with E-state index in [0.29, 0.717) is 17.3 Å². The lowest BCUT2D eigenvalue weighted by Gasteiger charge is -2.07. The van der Waals surface area contributed by atoms with Gasteiger partial charge in [0.15, 0.2) is 0 Å². The molecule has 0 saturated heterocycles. The Labute approximate surface area is 141 Å². The fourth-order valence-corrected chi connectivity index (χ4v) is 2.36. The van der Waals surface area contributed by atoms with Crippen LogP contribution >= 0.6 is 15.9 Å². The Morgan fingerprint density at radius 3 is 2.48 bits per heavy atom. The number of carbonyl (C=O) groups excluding carboxylic acids is 1. The van der Waals surface area contributed by atoms with Gasteiger partial charge in [0.1, 0.15) is 0 Å². The van der Waals surface area contributed by atoms with E-state index in [9.17, 15) is 4.79 Å². The van der Waals surface area contributed by atoms with Crippen LogP contribution in [0.4, 0.5) is 5.69 Å². The topological polar surface area (TPSA) is 68.0 Å². The molecule has 3 rings (SSSR count). The first-order chi connectivity index (χ1) is 11.0. The van der Waals surface area contributed by atoms with E-state index in [1.807, 2.05) is 25.1 Å². The molecule has 0 aliphatic carbocycles. The van der Waals surface area contributed by atoms with Gasteiger partial charge >= 0.3 is 0 Å². The zero-order chi connectivity index (χ0) is 16.4. The second-order valence-electron chi connectivity index (χ2n) is 5.13. The molecule has 0 aliphatic heterocycles. The highest BCUT2D eigenvalue weighted by molar-refractivity contribution is 9.10. The molecule has 23 heavy (non-hydrogen) atoms. The van der Waals surface area contributed by atoms with Crippen LogP contribution in [-0.2, 0) is 0 Å². The predicted octanol–water partition coefficient (Wildman–Crippen LogP) is 4.37. The number of hydrogen-bond acceptors (Lipinski definition) is 4. The summed E-state index contributed by atoms with van der Waals surface area (Å²) < 4.78 is 5.96. The van der Waals surface area contributed by atoms with Crippen LogP contribution in [0.15, 0.2) is 51.5 Å². The van der Waals surface area contributed by atoms with E-state index in [0.717, 1.165) is 21.3 Å². The molecule has 6 heteroatoms. The van der Waals surface area contributed by atoms with E-state index in [4.69, 9.17) is 4.52 Å². The monoisotopic (exact) mass is 371 g/mol. The minimum Gasteiger partial charge on any atom is -0.339 e. The van der Waals surface area contributed by atoms with Crippen molar-refractivity contribution in [1.29, 1.82) is 0 Å². The highest BCUT2D eigenvalue weighted by Gasteiger charge is 2.09. The van der Waals surface area contributed by atoms with Crippen LogP contribution in [0.2, 0.25) is 0 Å². The van der Waals surface area contributed by atoms with Gasteiger partial charge in [-0.15, -0.1) is 0 Å². The molecule has 1 amide bonds. The minimum atomic E-state index is -0.164. The summed E-state index contributed by atoms with van der Waals surface area (Å²) in [6, 6.07) is 12.7. The van der Waals surface area contributed by atoms with Crippen molar-refractivity contribution in [2.45, 2.75) is 13.8 Å². The predicted molar refractivity (Wildman–Crippen MR) is 91.3 cm³/mol. The number of carbonyl (C=O) groups is 1. The van der Waals surface area contributed by atoms with Crippen LogP contribution in [0.5, 0.6) is 0 Å². The molecule has 0 aliphatic rings. The van der Waals surface area contributed by atoms with Crippen molar-refractivity contribution in [1.82, 2.24) is 10.1 Å². The van der Waals surface area contributed by atoms with Crippen molar-refractivity contribution < 1.29 is 9.32 Å². The molecule has 0 saturated carbocycles. The summed E-state index contributed by atoms with van der Waals surface area (Å²) in [4.78, 5) is 16.4. The largest absolute Gasteiger partial charge is 0.339 e.